The average Bonchev–Trinajstić information content (AvgIpc) is 2.98. The smallest absolute Gasteiger partial charge is 0.178 e. The van der Waals surface area contributed by atoms with Crippen molar-refractivity contribution >= 4 is 9.84 Å². The number of nitrogens with zero attached hydrogens (tertiary/aromatic N) is 4. The lowest BCUT2D eigenvalue weighted by atomic mass is 9.99. The van der Waals surface area contributed by atoms with E-state index >= 15 is 0 Å². The molecule has 22 heavy (non-hydrogen) atoms. The first-order chi connectivity index (χ1) is 10.6. The number of aromatic amines is 1. The van der Waals surface area contributed by atoms with Gasteiger partial charge >= 0.3 is 0 Å². The molecule has 0 radical (unpaired) electrons. The molecule has 1 N–H and O–H groups in total. The molecule has 8 heteroatoms. The molecule has 1 atom stereocenters. The molecule has 2 aromatic rings. The quantitative estimate of drug-likeness (QED) is 0.913. The van der Waals surface area contributed by atoms with Crippen molar-refractivity contribution in [2.24, 2.45) is 0 Å². The van der Waals surface area contributed by atoms with Gasteiger partial charge in [-0.25, -0.2) is 8.42 Å². The topological polar surface area (TPSA) is 91.8 Å². The molecular formula is C14H19N5O2S. The van der Waals surface area contributed by atoms with Crippen molar-refractivity contribution in [3.05, 3.63) is 36.2 Å². The highest BCUT2D eigenvalue weighted by Gasteiger charge is 2.30. The van der Waals surface area contributed by atoms with Crippen molar-refractivity contribution in [3.63, 3.8) is 0 Å². The summed E-state index contributed by atoms with van der Waals surface area (Å²) < 4.78 is 23.8. The fourth-order valence-corrected chi connectivity index (χ4v) is 3.77. The van der Waals surface area contributed by atoms with Gasteiger partial charge in [0.2, 0.25) is 0 Å². The zero-order chi connectivity index (χ0) is 15.6. The average molecular weight is 321 g/mol. The first kappa shape index (κ1) is 15.1. The van der Waals surface area contributed by atoms with E-state index in [0.29, 0.717) is 17.1 Å². The molecule has 1 aliphatic heterocycles. The molecule has 0 spiro atoms. The van der Waals surface area contributed by atoms with Crippen molar-refractivity contribution in [3.8, 4) is 0 Å². The number of aromatic nitrogens is 4. The van der Waals surface area contributed by atoms with E-state index in [1.54, 1.807) is 18.6 Å². The lowest BCUT2D eigenvalue weighted by molar-refractivity contribution is 0.133. The molecule has 0 bridgehead atoms. The summed E-state index contributed by atoms with van der Waals surface area (Å²) in [5, 5.41) is 6.84. The molecule has 0 aliphatic carbocycles. The number of H-pyrrole nitrogens is 1. The van der Waals surface area contributed by atoms with Crippen LogP contribution in [0.1, 0.15) is 36.7 Å². The Kier molecular flexibility index (Phi) is 4.21. The van der Waals surface area contributed by atoms with Crippen LogP contribution >= 0.6 is 0 Å². The van der Waals surface area contributed by atoms with Crippen LogP contribution in [0.15, 0.2) is 29.7 Å². The Morgan fingerprint density at radius 2 is 2.18 bits per heavy atom. The third-order valence-corrected chi connectivity index (χ3v) is 5.08. The van der Waals surface area contributed by atoms with E-state index in [1.807, 2.05) is 0 Å². The van der Waals surface area contributed by atoms with Crippen LogP contribution in [-0.4, -0.2) is 46.3 Å². The summed E-state index contributed by atoms with van der Waals surface area (Å²) in [7, 11) is -3.28. The third kappa shape index (κ3) is 3.17. The molecule has 7 nitrogen and oxygen atoms in total. The molecule has 0 saturated carbocycles. The van der Waals surface area contributed by atoms with Crippen LogP contribution in [0.25, 0.3) is 0 Å². The van der Waals surface area contributed by atoms with Crippen LogP contribution in [0.2, 0.25) is 0 Å². The van der Waals surface area contributed by atoms with Crippen molar-refractivity contribution in [2.45, 2.75) is 36.7 Å². The molecule has 0 aromatic carbocycles. The third-order valence-electron chi connectivity index (χ3n) is 3.96. The number of likely N-dealkylation sites (tertiary alicyclic amines) is 1. The van der Waals surface area contributed by atoms with Crippen LogP contribution in [-0.2, 0) is 16.4 Å². The molecule has 0 amide bonds. The minimum absolute atomic E-state index is 0.0166. The van der Waals surface area contributed by atoms with Gasteiger partial charge in [0.25, 0.3) is 0 Å². The van der Waals surface area contributed by atoms with Gasteiger partial charge in [-0.1, -0.05) is 6.42 Å². The molecule has 3 rings (SSSR count). The predicted octanol–water partition coefficient (Wildman–Crippen LogP) is 1.33. The Morgan fingerprint density at radius 3 is 2.91 bits per heavy atom. The Labute approximate surface area is 129 Å². The summed E-state index contributed by atoms with van der Waals surface area (Å²) in [4.78, 5) is 10.9. The molecule has 3 heterocycles. The van der Waals surface area contributed by atoms with Crippen molar-refractivity contribution in [1.82, 2.24) is 25.1 Å². The maximum absolute atomic E-state index is 11.9. The monoisotopic (exact) mass is 321 g/mol. The number of sulfone groups is 1. The lowest BCUT2D eigenvalue weighted by Crippen LogP contribution is -2.34. The molecule has 1 fully saturated rings. The summed E-state index contributed by atoms with van der Waals surface area (Å²) in [5.74, 6) is 0. The number of rotatable bonds is 4. The maximum Gasteiger partial charge on any atom is 0.178 e. The largest absolute Gasteiger partial charge is 0.289 e. The van der Waals surface area contributed by atoms with Gasteiger partial charge in [0.05, 0.1) is 23.6 Å². The lowest BCUT2D eigenvalue weighted by Gasteiger charge is -2.35. The predicted molar refractivity (Wildman–Crippen MR) is 80.7 cm³/mol. The van der Waals surface area contributed by atoms with Crippen LogP contribution in [0.3, 0.4) is 0 Å². The van der Waals surface area contributed by atoms with Gasteiger partial charge in [0.1, 0.15) is 4.90 Å². The highest BCUT2D eigenvalue weighted by molar-refractivity contribution is 7.90. The van der Waals surface area contributed by atoms with E-state index in [9.17, 15) is 8.42 Å². The van der Waals surface area contributed by atoms with Gasteiger partial charge < -0.3 is 0 Å². The zero-order valence-corrected chi connectivity index (χ0v) is 13.3. The van der Waals surface area contributed by atoms with Crippen LogP contribution in [0.4, 0.5) is 0 Å². The van der Waals surface area contributed by atoms with Gasteiger partial charge in [0.15, 0.2) is 9.84 Å². The first-order valence-corrected chi connectivity index (χ1v) is 9.17. The molecule has 118 valence electrons. The van der Waals surface area contributed by atoms with E-state index in [-0.39, 0.29) is 6.04 Å². The maximum atomic E-state index is 11.9. The van der Waals surface area contributed by atoms with E-state index in [4.69, 9.17) is 0 Å². The minimum Gasteiger partial charge on any atom is -0.289 e. The highest BCUT2D eigenvalue weighted by atomic mass is 32.2. The Hall–Kier alpha value is -1.80. The second-order valence-electron chi connectivity index (χ2n) is 5.60. The first-order valence-electron chi connectivity index (χ1n) is 7.28. The summed E-state index contributed by atoms with van der Waals surface area (Å²) in [6.45, 7) is 1.56. The summed E-state index contributed by atoms with van der Waals surface area (Å²) >= 11 is 0. The number of hydrogen-bond donors (Lipinski definition) is 1. The Bertz CT molecular complexity index is 729. The zero-order valence-electron chi connectivity index (χ0n) is 12.4. The number of nitrogens with one attached hydrogen (secondary N) is 1. The minimum atomic E-state index is -3.28. The van der Waals surface area contributed by atoms with Crippen LogP contribution < -0.4 is 0 Å². The molecule has 1 aliphatic rings. The van der Waals surface area contributed by atoms with Crippen LogP contribution in [0, 0.1) is 0 Å². The van der Waals surface area contributed by atoms with E-state index < -0.39 is 9.84 Å². The number of hydrogen-bond acceptors (Lipinski definition) is 6. The normalized spacial score (nSPS) is 20.1. The fraction of sp³-hybridized carbons (Fsp3) is 0.500. The van der Waals surface area contributed by atoms with Gasteiger partial charge in [0, 0.05) is 31.4 Å². The van der Waals surface area contributed by atoms with Crippen molar-refractivity contribution < 1.29 is 8.42 Å². The molecule has 1 saturated heterocycles. The van der Waals surface area contributed by atoms with E-state index in [0.717, 1.165) is 31.5 Å². The Morgan fingerprint density at radius 1 is 1.32 bits per heavy atom. The summed E-state index contributed by atoms with van der Waals surface area (Å²) in [6.07, 6.45) is 10.8. The van der Waals surface area contributed by atoms with E-state index in [1.165, 1.54) is 12.5 Å². The SMILES string of the molecule is CS(=O)(=O)c1cn[nH]c1[C@H]1CCCCN1Cc1cnccn1. The van der Waals surface area contributed by atoms with E-state index in [2.05, 4.69) is 25.1 Å². The fourth-order valence-electron chi connectivity index (χ4n) is 2.95. The van der Waals surface area contributed by atoms with Crippen molar-refractivity contribution in [1.29, 1.82) is 0 Å². The van der Waals surface area contributed by atoms with Gasteiger partial charge in [-0.05, 0) is 19.4 Å². The summed E-state index contributed by atoms with van der Waals surface area (Å²) in [5.41, 5.74) is 1.57. The van der Waals surface area contributed by atoms with Crippen LogP contribution in [0.5, 0.6) is 0 Å². The summed E-state index contributed by atoms with van der Waals surface area (Å²) in [6, 6.07) is 0.0166. The van der Waals surface area contributed by atoms with Gasteiger partial charge in [-0.2, -0.15) is 5.10 Å². The standard InChI is InChI=1S/C14H19N5O2S/c1-22(20,21)13-9-17-18-14(13)12-4-2-3-7-19(12)10-11-8-15-5-6-16-11/h5-6,8-9,12H,2-4,7,10H2,1H3,(H,17,18)/t12-/m1/s1. The molecule has 0 unspecified atom stereocenters. The van der Waals surface area contributed by atoms with Crippen molar-refractivity contribution in [2.75, 3.05) is 12.8 Å². The molecule has 2 aromatic heterocycles. The Balaban J connectivity index is 1.89. The van der Waals surface area contributed by atoms with Gasteiger partial charge in [-0.15, -0.1) is 0 Å². The van der Waals surface area contributed by atoms with Gasteiger partial charge in [-0.3, -0.25) is 20.0 Å². The highest BCUT2D eigenvalue weighted by Crippen LogP contribution is 2.33. The second kappa shape index (κ2) is 6.13. The second-order valence-corrected chi connectivity index (χ2v) is 7.58. The number of piperidine rings is 1. The molecular weight excluding hydrogens is 302 g/mol.